The number of hydrogen-bond donors (Lipinski definition) is 9. The number of H-pyrrole nitrogens is 2. The maximum atomic E-state index is 13.2. The number of nitrogens with one attached hydrogen (secondary N) is 5. The number of carboxylic acid groups (broad SMARTS) is 1. The van der Waals surface area contributed by atoms with Gasteiger partial charge in [-0.1, -0.05) is 12.1 Å². The summed E-state index contributed by atoms with van der Waals surface area (Å²) in [6.07, 6.45) is 5.63. The van der Waals surface area contributed by atoms with Gasteiger partial charge in [-0.25, -0.2) is 14.8 Å². The third-order valence-corrected chi connectivity index (χ3v) is 5.75. The van der Waals surface area contributed by atoms with E-state index in [2.05, 4.69) is 35.9 Å². The fourth-order valence-electron chi connectivity index (χ4n) is 3.64. The molecule has 208 valence electrons. The number of carbonyl (C=O) groups excluding carboxylic acids is 3. The van der Waals surface area contributed by atoms with E-state index in [9.17, 15) is 34.5 Å². The second kappa shape index (κ2) is 13.7. The van der Waals surface area contributed by atoms with Crippen LogP contribution in [0.3, 0.4) is 0 Å². The zero-order valence-corrected chi connectivity index (χ0v) is 20.7. The molecular weight excluding hydrogens is 512 g/mol. The second-order valence-electron chi connectivity index (χ2n) is 8.74. The highest BCUT2D eigenvalue weighted by atomic mass is 16.4. The number of aromatic hydroxyl groups is 1. The first-order chi connectivity index (χ1) is 18.7. The van der Waals surface area contributed by atoms with Crippen LogP contribution in [-0.2, 0) is 38.4 Å². The van der Waals surface area contributed by atoms with E-state index in [-0.39, 0.29) is 25.0 Å². The number of aliphatic hydroxyl groups is 1. The summed E-state index contributed by atoms with van der Waals surface area (Å²) in [6.45, 7) is -0.792. The van der Waals surface area contributed by atoms with Crippen LogP contribution in [0.2, 0.25) is 0 Å². The Labute approximate surface area is 222 Å². The molecule has 0 aliphatic rings. The highest BCUT2D eigenvalue weighted by Crippen LogP contribution is 2.12. The molecule has 10 N–H and O–H groups in total. The van der Waals surface area contributed by atoms with Gasteiger partial charge in [-0.2, -0.15) is 0 Å². The minimum atomic E-state index is -1.44. The lowest BCUT2D eigenvalue weighted by Crippen LogP contribution is -2.58. The lowest BCUT2D eigenvalue weighted by molar-refractivity contribution is -0.142. The summed E-state index contributed by atoms with van der Waals surface area (Å²) >= 11 is 0. The van der Waals surface area contributed by atoms with Crippen LogP contribution in [0, 0.1) is 0 Å². The molecule has 0 fully saturated rings. The minimum Gasteiger partial charge on any atom is -0.508 e. The van der Waals surface area contributed by atoms with E-state index in [1.165, 1.54) is 49.3 Å². The standard InChI is InChI=1S/C24H30N8O7/c25-17(6-14-8-26-11-28-14)21(35)32-20(10-33)23(37)30-18(5-13-1-3-16(34)4-2-13)22(36)31-19(24(38)39)7-15-9-27-12-29-15/h1-4,8-9,11-12,17-20,33-34H,5-7,10,25H2,(H,26,28)(H,27,29)(H,30,37)(H,31,36)(H,32,35)(H,38,39). The predicted octanol–water partition coefficient (Wildman–Crippen LogP) is -2.28. The summed E-state index contributed by atoms with van der Waals surface area (Å²) in [6, 6.07) is 0.704. The van der Waals surface area contributed by atoms with Crippen LogP contribution in [0.5, 0.6) is 5.75 Å². The maximum absolute atomic E-state index is 13.2. The average Bonchev–Trinajstić information content (AvgIpc) is 3.62. The molecule has 0 radical (unpaired) electrons. The Balaban J connectivity index is 1.71. The number of phenols is 1. The zero-order chi connectivity index (χ0) is 28.4. The van der Waals surface area contributed by atoms with E-state index in [0.29, 0.717) is 17.0 Å². The molecule has 0 aliphatic carbocycles. The molecule has 3 amide bonds. The number of rotatable bonds is 14. The number of imidazole rings is 2. The van der Waals surface area contributed by atoms with Crippen LogP contribution in [0.25, 0.3) is 0 Å². The van der Waals surface area contributed by atoms with Crippen molar-refractivity contribution in [2.75, 3.05) is 6.61 Å². The number of benzene rings is 1. The van der Waals surface area contributed by atoms with Crippen molar-refractivity contribution in [3.8, 4) is 5.75 Å². The number of aromatic nitrogens is 4. The Morgan fingerprint density at radius 2 is 1.33 bits per heavy atom. The molecular formula is C24H30N8O7. The third kappa shape index (κ3) is 8.65. The van der Waals surface area contributed by atoms with Crippen LogP contribution in [-0.4, -0.2) is 89.7 Å². The van der Waals surface area contributed by atoms with E-state index in [1.807, 2.05) is 0 Å². The van der Waals surface area contributed by atoms with Crippen molar-refractivity contribution in [2.24, 2.45) is 5.73 Å². The Hall–Kier alpha value is -4.76. The van der Waals surface area contributed by atoms with Gasteiger partial charge < -0.3 is 47.0 Å². The van der Waals surface area contributed by atoms with Gasteiger partial charge in [0, 0.05) is 43.0 Å². The van der Waals surface area contributed by atoms with Crippen molar-refractivity contribution in [3.05, 3.63) is 66.3 Å². The molecule has 1 aromatic carbocycles. The summed E-state index contributed by atoms with van der Waals surface area (Å²) in [5.74, 6) is -3.74. The molecule has 0 saturated heterocycles. The van der Waals surface area contributed by atoms with Crippen LogP contribution in [0.1, 0.15) is 17.0 Å². The normalized spacial score (nSPS) is 14.0. The maximum Gasteiger partial charge on any atom is 0.326 e. The molecule has 4 unspecified atom stereocenters. The predicted molar refractivity (Wildman–Crippen MR) is 135 cm³/mol. The molecule has 4 atom stereocenters. The van der Waals surface area contributed by atoms with E-state index in [0.717, 1.165) is 0 Å². The number of nitrogens with zero attached hydrogens (tertiary/aromatic N) is 2. The molecule has 15 heteroatoms. The fourth-order valence-corrected chi connectivity index (χ4v) is 3.64. The lowest BCUT2D eigenvalue weighted by Gasteiger charge is -2.24. The highest BCUT2D eigenvalue weighted by molar-refractivity contribution is 5.94. The number of phenolic OH excluding ortho intramolecular Hbond substituents is 1. The molecule has 0 saturated carbocycles. The van der Waals surface area contributed by atoms with Gasteiger partial charge >= 0.3 is 5.97 Å². The number of aliphatic hydroxyl groups excluding tert-OH is 1. The van der Waals surface area contributed by atoms with Gasteiger partial charge in [0.05, 0.1) is 25.3 Å². The first-order valence-electron chi connectivity index (χ1n) is 11.9. The highest BCUT2D eigenvalue weighted by Gasteiger charge is 2.30. The van der Waals surface area contributed by atoms with Crippen molar-refractivity contribution in [2.45, 2.75) is 43.4 Å². The molecule has 3 rings (SSSR count). The number of aliphatic carboxylic acids is 1. The van der Waals surface area contributed by atoms with Crippen LogP contribution in [0.15, 0.2) is 49.3 Å². The number of carboxylic acids is 1. The molecule has 2 aromatic heterocycles. The van der Waals surface area contributed by atoms with E-state index in [4.69, 9.17) is 5.73 Å². The Morgan fingerprint density at radius 3 is 1.87 bits per heavy atom. The van der Waals surface area contributed by atoms with Crippen molar-refractivity contribution in [1.29, 1.82) is 0 Å². The van der Waals surface area contributed by atoms with E-state index < -0.39 is 54.5 Å². The molecule has 0 bridgehead atoms. The summed E-state index contributed by atoms with van der Waals surface area (Å²) in [7, 11) is 0. The quantitative estimate of drug-likeness (QED) is 0.106. The Bertz CT molecular complexity index is 1230. The number of carbonyl (C=O) groups is 4. The summed E-state index contributed by atoms with van der Waals surface area (Å²) in [5, 5.41) is 36.2. The number of amides is 3. The van der Waals surface area contributed by atoms with Crippen LogP contribution < -0.4 is 21.7 Å². The van der Waals surface area contributed by atoms with Gasteiger partial charge in [-0.05, 0) is 17.7 Å². The largest absolute Gasteiger partial charge is 0.508 e. The smallest absolute Gasteiger partial charge is 0.326 e. The van der Waals surface area contributed by atoms with E-state index >= 15 is 0 Å². The first kappa shape index (κ1) is 28.8. The third-order valence-electron chi connectivity index (χ3n) is 5.75. The lowest BCUT2D eigenvalue weighted by atomic mass is 10.0. The molecule has 0 aliphatic heterocycles. The minimum absolute atomic E-state index is 0.0104. The van der Waals surface area contributed by atoms with Gasteiger partial charge in [-0.15, -0.1) is 0 Å². The number of aromatic amines is 2. The van der Waals surface area contributed by atoms with Gasteiger partial charge in [0.25, 0.3) is 0 Å². The average molecular weight is 543 g/mol. The fraction of sp³-hybridized carbons (Fsp3) is 0.333. The summed E-state index contributed by atoms with van der Waals surface area (Å²) < 4.78 is 0. The zero-order valence-electron chi connectivity index (χ0n) is 20.7. The van der Waals surface area contributed by atoms with Gasteiger partial charge in [-0.3, -0.25) is 14.4 Å². The van der Waals surface area contributed by atoms with Crippen molar-refractivity contribution < 1.29 is 34.5 Å². The molecule has 15 nitrogen and oxygen atoms in total. The Kier molecular flexibility index (Phi) is 10.1. The van der Waals surface area contributed by atoms with E-state index in [1.54, 1.807) is 0 Å². The van der Waals surface area contributed by atoms with Crippen LogP contribution in [0.4, 0.5) is 0 Å². The first-order valence-corrected chi connectivity index (χ1v) is 11.9. The SMILES string of the molecule is NC(Cc1cnc[nH]1)C(=O)NC(CO)C(=O)NC(Cc1ccc(O)cc1)C(=O)NC(Cc1cnc[nH]1)C(=O)O. The molecule has 39 heavy (non-hydrogen) atoms. The molecule has 2 heterocycles. The summed E-state index contributed by atoms with van der Waals surface area (Å²) in [5.41, 5.74) is 7.50. The number of hydrogen-bond acceptors (Lipinski definition) is 9. The monoisotopic (exact) mass is 542 g/mol. The topological polar surface area (TPSA) is 248 Å². The van der Waals surface area contributed by atoms with Gasteiger partial charge in [0.15, 0.2) is 0 Å². The second-order valence-corrected chi connectivity index (χ2v) is 8.74. The van der Waals surface area contributed by atoms with Crippen molar-refractivity contribution in [3.63, 3.8) is 0 Å². The van der Waals surface area contributed by atoms with Crippen molar-refractivity contribution in [1.82, 2.24) is 35.9 Å². The van der Waals surface area contributed by atoms with Crippen LogP contribution >= 0.6 is 0 Å². The van der Waals surface area contributed by atoms with Gasteiger partial charge in [0.1, 0.15) is 23.9 Å². The molecule has 0 spiro atoms. The number of nitrogens with two attached hydrogens (primary N) is 1. The van der Waals surface area contributed by atoms with Crippen molar-refractivity contribution >= 4 is 23.7 Å². The summed E-state index contributed by atoms with van der Waals surface area (Å²) in [4.78, 5) is 63.7. The molecule has 3 aromatic rings. The Morgan fingerprint density at radius 1 is 0.795 bits per heavy atom. The van der Waals surface area contributed by atoms with Gasteiger partial charge in [0.2, 0.25) is 17.7 Å².